The molecule has 1 aromatic heterocycles. The van der Waals surface area contributed by atoms with Crippen LogP contribution in [0.15, 0.2) is 16.7 Å². The van der Waals surface area contributed by atoms with Crippen LogP contribution in [0.5, 0.6) is 0 Å². The highest BCUT2D eigenvalue weighted by molar-refractivity contribution is 5.12. The fraction of sp³-hybridized carbons (Fsp3) is 0.765. The van der Waals surface area contributed by atoms with Crippen molar-refractivity contribution in [3.05, 3.63) is 23.7 Å². The molecule has 1 aromatic rings. The van der Waals surface area contributed by atoms with E-state index < -0.39 is 0 Å². The smallest absolute Gasteiger partial charge is 0.118 e. The first-order valence-electron chi connectivity index (χ1n) is 7.89. The van der Waals surface area contributed by atoms with Crippen molar-refractivity contribution < 1.29 is 4.42 Å². The van der Waals surface area contributed by atoms with E-state index in [1.54, 1.807) is 0 Å². The maximum absolute atomic E-state index is 5.70. The van der Waals surface area contributed by atoms with Crippen LogP contribution in [0, 0.1) is 11.8 Å². The Labute approximate surface area is 124 Å². The van der Waals surface area contributed by atoms with Crippen molar-refractivity contribution in [2.45, 2.75) is 60.7 Å². The van der Waals surface area contributed by atoms with Crippen LogP contribution >= 0.6 is 0 Å². The summed E-state index contributed by atoms with van der Waals surface area (Å²) in [5.74, 6) is 2.43. The molecule has 0 fully saturated rings. The van der Waals surface area contributed by atoms with Crippen molar-refractivity contribution >= 4 is 0 Å². The van der Waals surface area contributed by atoms with Gasteiger partial charge in [-0.25, -0.2) is 0 Å². The van der Waals surface area contributed by atoms with Crippen molar-refractivity contribution in [1.82, 2.24) is 10.2 Å². The zero-order valence-corrected chi connectivity index (χ0v) is 14.1. The van der Waals surface area contributed by atoms with E-state index >= 15 is 0 Å². The maximum atomic E-state index is 5.70. The SMILES string of the molecule is CC(C)CNCc1coc(CN(CC(C)C)C(C)C)c1. The average molecular weight is 280 g/mol. The first-order chi connectivity index (χ1) is 9.38. The first kappa shape index (κ1) is 17.3. The van der Waals surface area contributed by atoms with Crippen LogP contribution in [0.3, 0.4) is 0 Å². The highest BCUT2D eigenvalue weighted by Gasteiger charge is 2.14. The Hall–Kier alpha value is -0.800. The largest absolute Gasteiger partial charge is 0.468 e. The summed E-state index contributed by atoms with van der Waals surface area (Å²) in [7, 11) is 0. The van der Waals surface area contributed by atoms with Gasteiger partial charge < -0.3 is 9.73 Å². The molecule has 1 heterocycles. The van der Waals surface area contributed by atoms with E-state index in [4.69, 9.17) is 4.42 Å². The molecule has 0 saturated heterocycles. The highest BCUT2D eigenvalue weighted by atomic mass is 16.3. The zero-order chi connectivity index (χ0) is 15.1. The minimum Gasteiger partial charge on any atom is -0.468 e. The minimum absolute atomic E-state index is 0.546. The topological polar surface area (TPSA) is 28.4 Å². The monoisotopic (exact) mass is 280 g/mol. The summed E-state index contributed by atoms with van der Waals surface area (Å²) in [6.07, 6.45) is 1.89. The van der Waals surface area contributed by atoms with E-state index in [1.165, 1.54) is 5.56 Å². The van der Waals surface area contributed by atoms with Gasteiger partial charge in [0.1, 0.15) is 5.76 Å². The predicted molar refractivity (Wildman–Crippen MR) is 85.6 cm³/mol. The molecule has 0 aliphatic heterocycles. The van der Waals surface area contributed by atoms with Crippen LogP contribution in [0.25, 0.3) is 0 Å². The van der Waals surface area contributed by atoms with Crippen LogP contribution in [0.4, 0.5) is 0 Å². The molecule has 0 spiro atoms. The van der Waals surface area contributed by atoms with E-state index in [0.29, 0.717) is 17.9 Å². The standard InChI is InChI=1S/C17H32N2O/c1-13(2)8-18-9-16-7-17(20-12-16)11-19(15(5)6)10-14(3)4/h7,12-15,18H,8-11H2,1-6H3. The number of hydrogen-bond acceptors (Lipinski definition) is 3. The van der Waals surface area contributed by atoms with Gasteiger partial charge in [-0.15, -0.1) is 0 Å². The summed E-state index contributed by atoms with van der Waals surface area (Å²) in [4.78, 5) is 2.47. The molecule has 0 aromatic carbocycles. The van der Waals surface area contributed by atoms with Gasteiger partial charge >= 0.3 is 0 Å². The van der Waals surface area contributed by atoms with Crippen molar-refractivity contribution in [2.75, 3.05) is 13.1 Å². The molecule has 0 radical (unpaired) electrons. The maximum Gasteiger partial charge on any atom is 0.118 e. The molecule has 0 amide bonds. The summed E-state index contributed by atoms with van der Waals surface area (Å²) in [5, 5.41) is 3.45. The van der Waals surface area contributed by atoms with Gasteiger partial charge in [0.2, 0.25) is 0 Å². The molecule has 1 N–H and O–H groups in total. The molecule has 1 rings (SSSR count). The lowest BCUT2D eigenvalue weighted by atomic mass is 10.1. The first-order valence-corrected chi connectivity index (χ1v) is 7.89. The van der Waals surface area contributed by atoms with E-state index in [0.717, 1.165) is 31.9 Å². The fourth-order valence-corrected chi connectivity index (χ4v) is 2.23. The molecule has 0 saturated carbocycles. The second-order valence-corrected chi connectivity index (χ2v) is 6.86. The van der Waals surface area contributed by atoms with E-state index in [2.05, 4.69) is 57.8 Å². The molecule has 0 unspecified atom stereocenters. The summed E-state index contributed by atoms with van der Waals surface area (Å²) < 4.78 is 5.70. The number of furan rings is 1. The normalized spacial score (nSPS) is 12.3. The Balaban J connectivity index is 2.48. The lowest BCUT2D eigenvalue weighted by Gasteiger charge is -2.27. The van der Waals surface area contributed by atoms with Crippen molar-refractivity contribution in [3.63, 3.8) is 0 Å². The van der Waals surface area contributed by atoms with E-state index in [-0.39, 0.29) is 0 Å². The van der Waals surface area contributed by atoms with Gasteiger partial charge in [0.15, 0.2) is 0 Å². The molecule has 0 atom stereocenters. The number of nitrogens with one attached hydrogen (secondary N) is 1. The molecule has 20 heavy (non-hydrogen) atoms. The summed E-state index contributed by atoms with van der Waals surface area (Å²) in [6, 6.07) is 2.73. The van der Waals surface area contributed by atoms with Crippen LogP contribution in [-0.4, -0.2) is 24.0 Å². The predicted octanol–water partition coefficient (Wildman–Crippen LogP) is 3.89. The molecule has 3 nitrogen and oxygen atoms in total. The molecule has 0 aliphatic carbocycles. The number of nitrogens with zero attached hydrogens (tertiary/aromatic N) is 1. The molecule has 116 valence electrons. The lowest BCUT2D eigenvalue weighted by molar-refractivity contribution is 0.175. The van der Waals surface area contributed by atoms with Gasteiger partial charge in [-0.1, -0.05) is 27.7 Å². The van der Waals surface area contributed by atoms with Crippen molar-refractivity contribution in [1.29, 1.82) is 0 Å². The van der Waals surface area contributed by atoms with Gasteiger partial charge in [-0.2, -0.15) is 0 Å². The Morgan fingerprint density at radius 1 is 1.10 bits per heavy atom. The number of hydrogen-bond donors (Lipinski definition) is 1. The second kappa shape index (κ2) is 8.48. The second-order valence-electron chi connectivity index (χ2n) is 6.86. The molecular formula is C17H32N2O. The third-order valence-electron chi connectivity index (χ3n) is 3.28. The third kappa shape index (κ3) is 6.58. The fourth-order valence-electron chi connectivity index (χ4n) is 2.23. The van der Waals surface area contributed by atoms with Gasteiger partial charge in [0.25, 0.3) is 0 Å². The third-order valence-corrected chi connectivity index (χ3v) is 3.28. The van der Waals surface area contributed by atoms with Gasteiger partial charge in [0.05, 0.1) is 12.8 Å². The van der Waals surface area contributed by atoms with Crippen LogP contribution in [0.2, 0.25) is 0 Å². The van der Waals surface area contributed by atoms with E-state index in [1.807, 2.05) is 6.26 Å². The Kier molecular flexibility index (Phi) is 7.31. The summed E-state index contributed by atoms with van der Waals surface area (Å²) in [5.41, 5.74) is 1.24. The summed E-state index contributed by atoms with van der Waals surface area (Å²) in [6.45, 7) is 17.4. The van der Waals surface area contributed by atoms with Gasteiger partial charge in [-0.05, 0) is 38.3 Å². The van der Waals surface area contributed by atoms with Crippen LogP contribution in [0.1, 0.15) is 52.9 Å². The molecule has 3 heteroatoms. The Morgan fingerprint density at radius 2 is 1.80 bits per heavy atom. The Morgan fingerprint density at radius 3 is 2.35 bits per heavy atom. The zero-order valence-electron chi connectivity index (χ0n) is 14.1. The minimum atomic E-state index is 0.546. The molecule has 0 bridgehead atoms. The molecule has 0 aliphatic rings. The quantitative estimate of drug-likeness (QED) is 0.744. The summed E-state index contributed by atoms with van der Waals surface area (Å²) >= 11 is 0. The van der Waals surface area contributed by atoms with Crippen LogP contribution in [-0.2, 0) is 13.1 Å². The van der Waals surface area contributed by atoms with Gasteiger partial charge in [0, 0.05) is 24.7 Å². The highest BCUT2D eigenvalue weighted by Crippen LogP contribution is 2.14. The van der Waals surface area contributed by atoms with Gasteiger partial charge in [-0.3, -0.25) is 4.90 Å². The Bertz CT molecular complexity index is 369. The molecular weight excluding hydrogens is 248 g/mol. The van der Waals surface area contributed by atoms with Crippen molar-refractivity contribution in [3.8, 4) is 0 Å². The average Bonchev–Trinajstić information content (AvgIpc) is 2.74. The van der Waals surface area contributed by atoms with Crippen LogP contribution < -0.4 is 5.32 Å². The van der Waals surface area contributed by atoms with Crippen molar-refractivity contribution in [2.24, 2.45) is 11.8 Å². The van der Waals surface area contributed by atoms with E-state index in [9.17, 15) is 0 Å². The number of rotatable bonds is 9. The lowest BCUT2D eigenvalue weighted by Crippen LogP contribution is -2.33.